The highest BCUT2D eigenvalue weighted by atomic mass is 32.2. The van der Waals surface area contributed by atoms with Crippen LogP contribution in [0.3, 0.4) is 0 Å². The summed E-state index contributed by atoms with van der Waals surface area (Å²) < 4.78 is 32.0. The van der Waals surface area contributed by atoms with Crippen LogP contribution in [0.15, 0.2) is 53.6 Å². The summed E-state index contributed by atoms with van der Waals surface area (Å²) in [6, 6.07) is 14.7. The van der Waals surface area contributed by atoms with Crippen molar-refractivity contribution in [2.24, 2.45) is 7.05 Å². The van der Waals surface area contributed by atoms with E-state index in [1.165, 1.54) is 11.1 Å². The van der Waals surface area contributed by atoms with Gasteiger partial charge in [0, 0.05) is 38.6 Å². The lowest BCUT2D eigenvalue weighted by Crippen LogP contribution is -2.41. The fourth-order valence-electron chi connectivity index (χ4n) is 4.87. The third-order valence-corrected chi connectivity index (χ3v) is 8.66. The SMILES string of the molecule is Cc1cc(C)c(C)c(S(=O)(=O)NCC(c2cccn2C)N2CCc3ccccc3C2)c1C. The molecule has 170 valence electrons. The van der Waals surface area contributed by atoms with E-state index in [1.54, 1.807) is 0 Å². The third-order valence-electron chi connectivity index (χ3n) is 6.96. The number of hydrogen-bond acceptors (Lipinski definition) is 3. The largest absolute Gasteiger partial charge is 0.353 e. The van der Waals surface area contributed by atoms with Gasteiger partial charge in [-0.05, 0) is 79.6 Å². The normalized spacial score (nSPS) is 15.5. The zero-order chi connectivity index (χ0) is 23.0. The molecule has 1 aromatic heterocycles. The van der Waals surface area contributed by atoms with Gasteiger partial charge in [0.15, 0.2) is 0 Å². The molecule has 1 unspecified atom stereocenters. The molecule has 0 spiro atoms. The molecule has 0 saturated heterocycles. The molecule has 1 N–H and O–H groups in total. The number of nitrogens with zero attached hydrogens (tertiary/aromatic N) is 2. The van der Waals surface area contributed by atoms with Crippen LogP contribution in [0.2, 0.25) is 0 Å². The second-order valence-corrected chi connectivity index (χ2v) is 10.7. The van der Waals surface area contributed by atoms with E-state index >= 15 is 0 Å². The molecule has 0 bridgehead atoms. The average Bonchev–Trinajstić information content (AvgIpc) is 3.18. The van der Waals surface area contributed by atoms with Crippen LogP contribution in [0.1, 0.15) is 45.1 Å². The summed E-state index contributed by atoms with van der Waals surface area (Å²) in [5, 5.41) is 0. The highest BCUT2D eigenvalue weighted by Gasteiger charge is 2.29. The lowest BCUT2D eigenvalue weighted by atomic mass is 9.98. The molecule has 6 heteroatoms. The van der Waals surface area contributed by atoms with Crippen molar-refractivity contribution >= 4 is 10.0 Å². The van der Waals surface area contributed by atoms with Crippen molar-refractivity contribution < 1.29 is 8.42 Å². The first-order valence-corrected chi connectivity index (χ1v) is 12.7. The van der Waals surface area contributed by atoms with Gasteiger partial charge in [0.25, 0.3) is 0 Å². The Labute approximate surface area is 192 Å². The molecule has 0 aliphatic carbocycles. The Morgan fingerprint density at radius 2 is 1.62 bits per heavy atom. The number of sulfonamides is 1. The zero-order valence-electron chi connectivity index (χ0n) is 19.6. The predicted molar refractivity (Wildman–Crippen MR) is 129 cm³/mol. The van der Waals surface area contributed by atoms with E-state index in [4.69, 9.17) is 0 Å². The molecule has 0 fully saturated rings. The first kappa shape index (κ1) is 22.8. The van der Waals surface area contributed by atoms with Crippen molar-refractivity contribution in [3.05, 3.63) is 87.7 Å². The van der Waals surface area contributed by atoms with Gasteiger partial charge in [-0.25, -0.2) is 13.1 Å². The molecular formula is C26H33N3O2S. The first-order valence-electron chi connectivity index (χ1n) is 11.2. The minimum Gasteiger partial charge on any atom is -0.353 e. The van der Waals surface area contributed by atoms with E-state index in [9.17, 15) is 8.42 Å². The Kier molecular flexibility index (Phi) is 6.30. The maximum Gasteiger partial charge on any atom is 0.241 e. The van der Waals surface area contributed by atoms with Crippen molar-refractivity contribution in [3.63, 3.8) is 0 Å². The monoisotopic (exact) mass is 451 g/mol. The lowest BCUT2D eigenvalue weighted by Gasteiger charge is -2.36. The van der Waals surface area contributed by atoms with Crippen molar-refractivity contribution in [1.82, 2.24) is 14.2 Å². The fraction of sp³-hybridized carbons (Fsp3) is 0.385. The molecule has 0 radical (unpaired) electrons. The van der Waals surface area contributed by atoms with Gasteiger partial charge in [0.05, 0.1) is 10.9 Å². The second kappa shape index (κ2) is 8.85. The van der Waals surface area contributed by atoms with Crippen molar-refractivity contribution in [2.45, 2.75) is 51.6 Å². The molecule has 1 aliphatic rings. The lowest BCUT2D eigenvalue weighted by molar-refractivity contribution is 0.174. The molecule has 1 atom stereocenters. The van der Waals surface area contributed by atoms with Gasteiger partial charge in [-0.3, -0.25) is 4.90 Å². The van der Waals surface area contributed by atoms with Gasteiger partial charge in [-0.15, -0.1) is 0 Å². The van der Waals surface area contributed by atoms with E-state index in [0.29, 0.717) is 11.4 Å². The van der Waals surface area contributed by atoms with Crippen LogP contribution in [0.5, 0.6) is 0 Å². The predicted octanol–water partition coefficient (Wildman–Crippen LogP) is 4.34. The summed E-state index contributed by atoms with van der Waals surface area (Å²) in [5.41, 5.74) is 7.46. The van der Waals surface area contributed by atoms with Crippen LogP contribution in [-0.2, 0) is 30.0 Å². The van der Waals surface area contributed by atoms with Crippen LogP contribution in [0, 0.1) is 27.7 Å². The van der Waals surface area contributed by atoms with E-state index in [-0.39, 0.29) is 6.04 Å². The molecule has 3 aromatic rings. The van der Waals surface area contributed by atoms with Crippen molar-refractivity contribution in [3.8, 4) is 0 Å². The topological polar surface area (TPSA) is 54.3 Å². The molecule has 1 aliphatic heterocycles. The minimum atomic E-state index is -3.65. The zero-order valence-corrected chi connectivity index (χ0v) is 20.5. The Morgan fingerprint density at radius 3 is 2.25 bits per heavy atom. The fourth-order valence-corrected chi connectivity index (χ4v) is 6.52. The maximum absolute atomic E-state index is 13.5. The van der Waals surface area contributed by atoms with Gasteiger partial charge in [0.1, 0.15) is 0 Å². The van der Waals surface area contributed by atoms with Crippen LogP contribution in [0.25, 0.3) is 0 Å². The number of benzene rings is 2. The summed E-state index contributed by atoms with van der Waals surface area (Å²) in [6.07, 6.45) is 2.99. The number of nitrogens with one attached hydrogen (secondary N) is 1. The summed E-state index contributed by atoms with van der Waals surface area (Å²) in [7, 11) is -1.63. The number of hydrogen-bond donors (Lipinski definition) is 1. The van der Waals surface area contributed by atoms with E-state index in [0.717, 1.165) is 47.5 Å². The number of aryl methyl sites for hydroxylation is 3. The van der Waals surface area contributed by atoms with Crippen molar-refractivity contribution in [1.29, 1.82) is 0 Å². The molecule has 0 amide bonds. The Hall–Kier alpha value is -2.41. The third kappa shape index (κ3) is 4.27. The molecule has 2 aromatic carbocycles. The van der Waals surface area contributed by atoms with Gasteiger partial charge in [0.2, 0.25) is 10.0 Å². The molecule has 5 nitrogen and oxygen atoms in total. The quantitative estimate of drug-likeness (QED) is 0.607. The second-order valence-electron chi connectivity index (χ2n) is 8.99. The Morgan fingerprint density at radius 1 is 0.969 bits per heavy atom. The van der Waals surface area contributed by atoms with Crippen LogP contribution < -0.4 is 4.72 Å². The summed E-state index contributed by atoms with van der Waals surface area (Å²) in [5.74, 6) is 0. The first-order chi connectivity index (χ1) is 15.2. The van der Waals surface area contributed by atoms with Gasteiger partial charge in [-0.2, -0.15) is 0 Å². The van der Waals surface area contributed by atoms with Gasteiger partial charge < -0.3 is 4.57 Å². The summed E-state index contributed by atoms with van der Waals surface area (Å²) in [4.78, 5) is 2.81. The average molecular weight is 452 g/mol. The molecule has 0 saturated carbocycles. The number of aromatic nitrogens is 1. The maximum atomic E-state index is 13.5. The van der Waals surface area contributed by atoms with Crippen LogP contribution >= 0.6 is 0 Å². The standard InChI is InChI=1S/C26H33N3O2S/c1-18-15-19(2)21(4)26(20(18)3)32(30,31)27-16-25(24-11-8-13-28(24)5)29-14-12-22-9-6-7-10-23(22)17-29/h6-11,13,15,25,27H,12,14,16-17H2,1-5H3. The summed E-state index contributed by atoms with van der Waals surface area (Å²) >= 11 is 0. The molecule has 32 heavy (non-hydrogen) atoms. The van der Waals surface area contributed by atoms with Crippen LogP contribution in [-0.4, -0.2) is 31.0 Å². The Balaban J connectivity index is 1.64. The molecule has 4 rings (SSSR count). The van der Waals surface area contributed by atoms with E-state index in [1.807, 2.05) is 47.0 Å². The van der Waals surface area contributed by atoms with Gasteiger partial charge in [-0.1, -0.05) is 30.3 Å². The van der Waals surface area contributed by atoms with Gasteiger partial charge >= 0.3 is 0 Å². The minimum absolute atomic E-state index is 0.0513. The number of rotatable bonds is 6. The molecular weight excluding hydrogens is 418 g/mol. The van der Waals surface area contributed by atoms with E-state index in [2.05, 4.69) is 50.6 Å². The molecule has 2 heterocycles. The highest BCUT2D eigenvalue weighted by Crippen LogP contribution is 2.30. The van der Waals surface area contributed by atoms with Crippen molar-refractivity contribution in [2.75, 3.05) is 13.1 Å². The van der Waals surface area contributed by atoms with E-state index < -0.39 is 10.0 Å². The highest BCUT2D eigenvalue weighted by molar-refractivity contribution is 7.89. The Bertz CT molecular complexity index is 1220. The smallest absolute Gasteiger partial charge is 0.241 e. The summed E-state index contributed by atoms with van der Waals surface area (Å²) in [6.45, 7) is 9.77. The van der Waals surface area contributed by atoms with Crippen LogP contribution in [0.4, 0.5) is 0 Å². The number of fused-ring (bicyclic) bond motifs is 1.